The highest BCUT2D eigenvalue weighted by Crippen LogP contribution is 2.37. The van der Waals surface area contributed by atoms with Crippen LogP contribution in [0.5, 0.6) is 11.5 Å². The molecular formula is C20H25BO3. The summed E-state index contributed by atoms with van der Waals surface area (Å²) in [6, 6.07) is 15.9. The molecule has 0 radical (unpaired) electrons. The Balaban J connectivity index is 1.86. The normalized spacial score (nSPS) is 18.6. The average Bonchev–Trinajstić information content (AvgIpc) is 2.76. The first-order valence-electron chi connectivity index (χ1n) is 8.54. The predicted molar refractivity (Wildman–Crippen MR) is 98.1 cm³/mol. The maximum Gasteiger partial charge on any atom is 0.495 e. The molecule has 0 bridgehead atoms. The van der Waals surface area contributed by atoms with Crippen LogP contribution in [0.15, 0.2) is 48.5 Å². The Bertz CT molecular complexity index is 694. The number of rotatable bonds is 4. The third kappa shape index (κ3) is 3.21. The van der Waals surface area contributed by atoms with Crippen LogP contribution in [0, 0.1) is 0 Å². The second-order valence-corrected chi connectivity index (χ2v) is 7.22. The van der Waals surface area contributed by atoms with Crippen molar-refractivity contribution < 1.29 is 14.0 Å². The van der Waals surface area contributed by atoms with Crippen molar-refractivity contribution in [1.82, 2.24) is 0 Å². The van der Waals surface area contributed by atoms with Gasteiger partial charge in [0.25, 0.3) is 0 Å². The zero-order chi connectivity index (χ0) is 17.4. The minimum Gasteiger partial charge on any atom is -0.457 e. The zero-order valence-electron chi connectivity index (χ0n) is 15.1. The van der Waals surface area contributed by atoms with Crippen LogP contribution in [0.3, 0.4) is 0 Å². The van der Waals surface area contributed by atoms with Crippen LogP contribution >= 0.6 is 0 Å². The summed E-state index contributed by atoms with van der Waals surface area (Å²) in [4.78, 5) is 0. The van der Waals surface area contributed by atoms with E-state index in [9.17, 15) is 0 Å². The number of benzene rings is 2. The van der Waals surface area contributed by atoms with Gasteiger partial charge in [0.05, 0.1) is 11.2 Å². The second kappa shape index (κ2) is 6.27. The lowest BCUT2D eigenvalue weighted by Crippen LogP contribution is -2.41. The predicted octanol–water partition coefficient (Wildman–Crippen LogP) is 4.34. The summed E-state index contributed by atoms with van der Waals surface area (Å²) in [6.45, 7) is 10.4. The van der Waals surface area contributed by atoms with Gasteiger partial charge >= 0.3 is 7.12 Å². The summed E-state index contributed by atoms with van der Waals surface area (Å²) >= 11 is 0. The molecule has 0 saturated carbocycles. The Kier molecular flexibility index (Phi) is 4.45. The monoisotopic (exact) mass is 324 g/mol. The fourth-order valence-corrected chi connectivity index (χ4v) is 2.78. The van der Waals surface area contributed by atoms with Crippen LogP contribution < -0.4 is 10.2 Å². The van der Waals surface area contributed by atoms with Crippen LogP contribution in [0.4, 0.5) is 0 Å². The van der Waals surface area contributed by atoms with Crippen molar-refractivity contribution in [3.63, 3.8) is 0 Å². The fourth-order valence-electron chi connectivity index (χ4n) is 2.78. The van der Waals surface area contributed by atoms with Crippen molar-refractivity contribution in [3.8, 4) is 11.5 Å². The standard InChI is InChI=1S/C20H25BO3/c1-6-15-14-17(22-16-10-8-7-9-11-16)12-13-18(15)21-23-19(2,3)20(4,5)24-21/h7-14H,6H2,1-5H3. The lowest BCUT2D eigenvalue weighted by molar-refractivity contribution is 0.00578. The highest BCUT2D eigenvalue weighted by molar-refractivity contribution is 6.62. The first kappa shape index (κ1) is 17.1. The molecule has 1 aliphatic rings. The largest absolute Gasteiger partial charge is 0.495 e. The Morgan fingerprint density at radius 2 is 1.50 bits per heavy atom. The molecule has 0 amide bonds. The lowest BCUT2D eigenvalue weighted by atomic mass is 9.75. The van der Waals surface area contributed by atoms with E-state index < -0.39 is 0 Å². The molecule has 2 aromatic rings. The van der Waals surface area contributed by atoms with E-state index in [4.69, 9.17) is 14.0 Å². The van der Waals surface area contributed by atoms with Crippen LogP contribution in [0.1, 0.15) is 40.2 Å². The summed E-state index contributed by atoms with van der Waals surface area (Å²) in [7, 11) is -0.337. The van der Waals surface area contributed by atoms with E-state index >= 15 is 0 Å². The molecule has 3 rings (SSSR count). The highest BCUT2D eigenvalue weighted by atomic mass is 16.7. The molecule has 0 unspecified atom stereocenters. The molecule has 0 spiro atoms. The molecule has 1 fully saturated rings. The van der Waals surface area contributed by atoms with Crippen molar-refractivity contribution in [1.29, 1.82) is 0 Å². The smallest absolute Gasteiger partial charge is 0.457 e. The van der Waals surface area contributed by atoms with E-state index in [1.165, 1.54) is 5.56 Å². The molecular weight excluding hydrogens is 299 g/mol. The molecule has 1 saturated heterocycles. The van der Waals surface area contributed by atoms with E-state index in [2.05, 4.69) is 46.8 Å². The molecule has 126 valence electrons. The van der Waals surface area contributed by atoms with Gasteiger partial charge in [-0.25, -0.2) is 0 Å². The Hall–Kier alpha value is -1.78. The molecule has 0 N–H and O–H groups in total. The van der Waals surface area contributed by atoms with E-state index in [-0.39, 0.29) is 18.3 Å². The van der Waals surface area contributed by atoms with Gasteiger partial charge < -0.3 is 14.0 Å². The van der Waals surface area contributed by atoms with Crippen molar-refractivity contribution in [3.05, 3.63) is 54.1 Å². The maximum absolute atomic E-state index is 6.19. The number of aryl methyl sites for hydroxylation is 1. The summed E-state index contributed by atoms with van der Waals surface area (Å²) in [5.74, 6) is 1.67. The molecule has 0 aromatic heterocycles. The topological polar surface area (TPSA) is 27.7 Å². The summed E-state index contributed by atoms with van der Waals surface area (Å²) in [5, 5.41) is 0. The van der Waals surface area contributed by atoms with Crippen molar-refractivity contribution in [2.45, 2.75) is 52.2 Å². The molecule has 4 heteroatoms. The lowest BCUT2D eigenvalue weighted by Gasteiger charge is -2.32. The zero-order valence-corrected chi connectivity index (χ0v) is 15.1. The van der Waals surface area contributed by atoms with E-state index in [0.29, 0.717) is 0 Å². The number of para-hydroxylation sites is 1. The SMILES string of the molecule is CCc1cc(Oc2ccccc2)ccc1B1OC(C)(C)C(C)(C)O1. The van der Waals surface area contributed by atoms with Gasteiger partial charge in [0, 0.05) is 0 Å². The van der Waals surface area contributed by atoms with Crippen molar-refractivity contribution in [2.24, 2.45) is 0 Å². The first-order chi connectivity index (χ1) is 11.3. The van der Waals surface area contributed by atoms with Crippen LogP contribution in [-0.4, -0.2) is 18.3 Å². The van der Waals surface area contributed by atoms with Crippen molar-refractivity contribution in [2.75, 3.05) is 0 Å². The van der Waals surface area contributed by atoms with Crippen molar-refractivity contribution >= 4 is 12.6 Å². The van der Waals surface area contributed by atoms with E-state index in [1.807, 2.05) is 36.4 Å². The van der Waals surface area contributed by atoms with E-state index in [0.717, 1.165) is 23.4 Å². The van der Waals surface area contributed by atoms with Gasteiger partial charge in [-0.2, -0.15) is 0 Å². The van der Waals surface area contributed by atoms with Gasteiger partial charge in [0.2, 0.25) is 0 Å². The van der Waals surface area contributed by atoms with Gasteiger partial charge in [-0.15, -0.1) is 0 Å². The maximum atomic E-state index is 6.19. The Morgan fingerprint density at radius 3 is 2.08 bits per heavy atom. The van der Waals surface area contributed by atoms with Gasteiger partial charge in [-0.1, -0.05) is 31.2 Å². The number of hydrogen-bond acceptors (Lipinski definition) is 3. The fraction of sp³-hybridized carbons (Fsp3) is 0.400. The summed E-state index contributed by atoms with van der Waals surface area (Å²) < 4.78 is 18.3. The van der Waals surface area contributed by atoms with Crippen LogP contribution in [0.2, 0.25) is 0 Å². The molecule has 0 atom stereocenters. The minimum atomic E-state index is -0.337. The van der Waals surface area contributed by atoms with Gasteiger partial charge in [-0.05, 0) is 69.4 Å². The molecule has 1 aliphatic heterocycles. The average molecular weight is 324 g/mol. The van der Waals surface area contributed by atoms with Gasteiger partial charge in [0.15, 0.2) is 0 Å². The molecule has 1 heterocycles. The summed E-state index contributed by atoms with van der Waals surface area (Å²) in [5.41, 5.74) is 1.60. The molecule has 24 heavy (non-hydrogen) atoms. The highest BCUT2D eigenvalue weighted by Gasteiger charge is 2.52. The molecule has 0 aliphatic carbocycles. The molecule has 3 nitrogen and oxygen atoms in total. The Labute approximate surface area is 145 Å². The van der Waals surface area contributed by atoms with Crippen LogP contribution in [-0.2, 0) is 15.7 Å². The third-order valence-corrected chi connectivity index (χ3v) is 4.98. The van der Waals surface area contributed by atoms with Crippen LogP contribution in [0.25, 0.3) is 0 Å². The Morgan fingerprint density at radius 1 is 0.875 bits per heavy atom. The third-order valence-electron chi connectivity index (χ3n) is 4.98. The first-order valence-corrected chi connectivity index (χ1v) is 8.54. The van der Waals surface area contributed by atoms with Gasteiger partial charge in [0.1, 0.15) is 11.5 Å². The molecule has 2 aromatic carbocycles. The summed E-state index contributed by atoms with van der Waals surface area (Å²) in [6.07, 6.45) is 0.894. The minimum absolute atomic E-state index is 0.331. The number of ether oxygens (including phenoxy) is 1. The second-order valence-electron chi connectivity index (χ2n) is 7.22. The quantitative estimate of drug-likeness (QED) is 0.783. The number of hydrogen-bond donors (Lipinski definition) is 0. The van der Waals surface area contributed by atoms with E-state index in [1.54, 1.807) is 0 Å². The van der Waals surface area contributed by atoms with Gasteiger partial charge in [-0.3, -0.25) is 0 Å².